The number of alkyl halides is 3. The predicted octanol–water partition coefficient (Wildman–Crippen LogP) is 4.93. The van der Waals surface area contributed by atoms with Crippen LogP contribution in [0.4, 0.5) is 23.4 Å². The Bertz CT molecular complexity index is 1170. The maximum atomic E-state index is 13.8. The third kappa shape index (κ3) is 6.10. The van der Waals surface area contributed by atoms with E-state index in [1.807, 2.05) is 20.8 Å². The summed E-state index contributed by atoms with van der Waals surface area (Å²) in [4.78, 5) is 35.1. The number of nitrogens with one attached hydrogen (secondary N) is 1. The summed E-state index contributed by atoms with van der Waals surface area (Å²) in [7, 11) is 0. The van der Waals surface area contributed by atoms with E-state index >= 15 is 0 Å². The molecule has 3 rings (SSSR count). The van der Waals surface area contributed by atoms with Crippen molar-refractivity contribution in [2.24, 2.45) is 0 Å². The first-order valence-electron chi connectivity index (χ1n) is 11.5. The Balaban J connectivity index is 1.91. The van der Waals surface area contributed by atoms with Gasteiger partial charge in [-0.2, -0.15) is 13.2 Å². The van der Waals surface area contributed by atoms with E-state index < -0.39 is 17.7 Å². The van der Waals surface area contributed by atoms with Crippen molar-refractivity contribution < 1.29 is 22.4 Å². The third-order valence-corrected chi connectivity index (χ3v) is 5.70. The molecular formula is C24H27F4N7O. The summed E-state index contributed by atoms with van der Waals surface area (Å²) in [5.41, 5.74) is 0.0547. The van der Waals surface area contributed by atoms with Gasteiger partial charge in [0.15, 0.2) is 17.3 Å². The topological polar surface area (TPSA) is 96.8 Å². The number of pyridine rings is 1. The SMILES string of the molecule is CCC(Nc1cnc(C(F)(F)F)cn1)C(CC)N(CC)C(=O)c1ccc(C)nc1-c1ncc(F)cn1. The van der Waals surface area contributed by atoms with Crippen molar-refractivity contribution in [2.75, 3.05) is 11.9 Å². The van der Waals surface area contributed by atoms with Crippen LogP contribution >= 0.6 is 0 Å². The van der Waals surface area contributed by atoms with Gasteiger partial charge >= 0.3 is 6.18 Å². The zero-order valence-corrected chi connectivity index (χ0v) is 20.3. The molecule has 0 aliphatic heterocycles. The minimum atomic E-state index is -4.58. The maximum Gasteiger partial charge on any atom is 0.434 e. The van der Waals surface area contributed by atoms with Gasteiger partial charge in [0.25, 0.3) is 5.91 Å². The number of rotatable bonds is 9. The summed E-state index contributed by atoms with van der Waals surface area (Å²) >= 11 is 0. The molecule has 3 aromatic rings. The molecule has 0 saturated carbocycles. The molecule has 0 aromatic carbocycles. The van der Waals surface area contributed by atoms with E-state index in [1.165, 1.54) is 0 Å². The minimum absolute atomic E-state index is 0.123. The number of amides is 1. The Kier molecular flexibility index (Phi) is 8.49. The molecule has 2 atom stereocenters. The highest BCUT2D eigenvalue weighted by atomic mass is 19.4. The van der Waals surface area contributed by atoms with Gasteiger partial charge in [-0.1, -0.05) is 13.8 Å². The molecule has 1 N–H and O–H groups in total. The molecule has 3 aromatic heterocycles. The number of aryl methyl sites for hydroxylation is 1. The van der Waals surface area contributed by atoms with E-state index in [0.717, 1.165) is 18.6 Å². The first kappa shape index (κ1) is 26.9. The number of likely N-dealkylation sites (N-methyl/N-ethyl adjacent to an activating group) is 1. The highest BCUT2D eigenvalue weighted by Gasteiger charge is 2.34. The fraction of sp³-hybridized carbons (Fsp3) is 0.417. The van der Waals surface area contributed by atoms with Gasteiger partial charge in [-0.15, -0.1) is 0 Å². The lowest BCUT2D eigenvalue weighted by atomic mass is 9.99. The monoisotopic (exact) mass is 505 g/mol. The van der Waals surface area contributed by atoms with Crippen LogP contribution in [0.15, 0.2) is 36.9 Å². The van der Waals surface area contributed by atoms with Crippen molar-refractivity contribution >= 4 is 11.7 Å². The van der Waals surface area contributed by atoms with Crippen molar-refractivity contribution in [3.8, 4) is 11.5 Å². The Morgan fingerprint density at radius 3 is 2.22 bits per heavy atom. The van der Waals surface area contributed by atoms with Crippen molar-refractivity contribution in [2.45, 2.75) is 58.8 Å². The molecule has 0 radical (unpaired) electrons. The molecule has 0 spiro atoms. The quantitative estimate of drug-likeness (QED) is 0.412. The van der Waals surface area contributed by atoms with Crippen LogP contribution in [0, 0.1) is 12.7 Å². The molecule has 0 aliphatic carbocycles. The number of carbonyl (C=O) groups is 1. The van der Waals surface area contributed by atoms with Crippen LogP contribution in [0.5, 0.6) is 0 Å². The molecule has 0 bridgehead atoms. The Labute approximate surface area is 206 Å². The van der Waals surface area contributed by atoms with E-state index in [4.69, 9.17) is 0 Å². The number of hydrogen-bond acceptors (Lipinski definition) is 7. The zero-order valence-electron chi connectivity index (χ0n) is 20.3. The first-order valence-corrected chi connectivity index (χ1v) is 11.5. The Morgan fingerprint density at radius 1 is 1.00 bits per heavy atom. The lowest BCUT2D eigenvalue weighted by Gasteiger charge is -2.36. The molecule has 2 unspecified atom stereocenters. The van der Waals surface area contributed by atoms with Crippen molar-refractivity contribution in [3.05, 3.63) is 59.7 Å². The van der Waals surface area contributed by atoms with Crippen LogP contribution in [-0.2, 0) is 6.18 Å². The summed E-state index contributed by atoms with van der Waals surface area (Å²) in [6, 6.07) is 2.67. The maximum absolute atomic E-state index is 13.8. The van der Waals surface area contributed by atoms with Crippen LogP contribution in [0.2, 0.25) is 0 Å². The number of halogens is 4. The Hall–Kier alpha value is -3.70. The first-order chi connectivity index (χ1) is 17.1. The fourth-order valence-electron chi connectivity index (χ4n) is 3.95. The second-order valence-electron chi connectivity index (χ2n) is 8.08. The Morgan fingerprint density at radius 2 is 1.69 bits per heavy atom. The zero-order chi connectivity index (χ0) is 26.5. The van der Waals surface area contributed by atoms with E-state index in [1.54, 1.807) is 24.0 Å². The molecule has 0 aliphatic rings. The highest BCUT2D eigenvalue weighted by molar-refractivity contribution is 5.99. The third-order valence-electron chi connectivity index (χ3n) is 5.70. The molecule has 0 fully saturated rings. The van der Waals surface area contributed by atoms with Gasteiger partial charge in [0.2, 0.25) is 0 Å². The van der Waals surface area contributed by atoms with Gasteiger partial charge in [0.1, 0.15) is 11.5 Å². The second-order valence-corrected chi connectivity index (χ2v) is 8.08. The normalized spacial score (nSPS) is 13.2. The standard InChI is InChI=1S/C24H27F4N7O/c1-5-17(34-20-13-29-19(12-30-20)24(26,27)28)18(6-2)35(7-3)23(36)16-9-8-14(4)33-21(16)22-31-10-15(25)11-32-22/h8-13,17-18H,5-7H2,1-4H3,(H,30,34). The minimum Gasteiger partial charge on any atom is -0.364 e. The van der Waals surface area contributed by atoms with Crippen molar-refractivity contribution in [1.29, 1.82) is 0 Å². The van der Waals surface area contributed by atoms with Gasteiger partial charge in [0.05, 0.1) is 36.4 Å². The van der Waals surface area contributed by atoms with Crippen LogP contribution in [0.3, 0.4) is 0 Å². The molecule has 1 amide bonds. The molecule has 3 heterocycles. The van der Waals surface area contributed by atoms with E-state index in [2.05, 4.69) is 30.2 Å². The molecule has 12 heteroatoms. The van der Waals surface area contributed by atoms with Gasteiger partial charge < -0.3 is 10.2 Å². The number of carbonyl (C=O) groups excluding carboxylic acids is 1. The molecule has 8 nitrogen and oxygen atoms in total. The second kappa shape index (κ2) is 11.4. The van der Waals surface area contributed by atoms with Crippen LogP contribution in [0.1, 0.15) is 55.4 Å². The van der Waals surface area contributed by atoms with E-state index in [9.17, 15) is 22.4 Å². The smallest absolute Gasteiger partial charge is 0.364 e. The molecule has 192 valence electrons. The summed E-state index contributed by atoms with van der Waals surface area (Å²) in [6.45, 7) is 7.77. The van der Waals surface area contributed by atoms with Gasteiger partial charge in [-0.3, -0.25) is 4.79 Å². The van der Waals surface area contributed by atoms with Crippen LogP contribution in [0.25, 0.3) is 11.5 Å². The van der Waals surface area contributed by atoms with Gasteiger partial charge in [0, 0.05) is 18.3 Å². The fourth-order valence-corrected chi connectivity index (χ4v) is 3.95. The number of hydrogen-bond donors (Lipinski definition) is 1. The lowest BCUT2D eigenvalue weighted by molar-refractivity contribution is -0.141. The van der Waals surface area contributed by atoms with Crippen molar-refractivity contribution in [1.82, 2.24) is 29.8 Å². The number of aromatic nitrogens is 5. The van der Waals surface area contributed by atoms with E-state index in [0.29, 0.717) is 31.3 Å². The average molecular weight is 506 g/mol. The number of anilines is 1. The number of nitrogens with zero attached hydrogens (tertiary/aromatic N) is 6. The average Bonchev–Trinajstić information content (AvgIpc) is 2.86. The highest BCUT2D eigenvalue weighted by Crippen LogP contribution is 2.28. The van der Waals surface area contributed by atoms with Crippen LogP contribution < -0.4 is 5.32 Å². The molecule has 0 saturated heterocycles. The van der Waals surface area contributed by atoms with Crippen molar-refractivity contribution in [3.63, 3.8) is 0 Å². The van der Waals surface area contributed by atoms with E-state index in [-0.39, 0.29) is 40.9 Å². The molecule has 36 heavy (non-hydrogen) atoms. The molecular weight excluding hydrogens is 478 g/mol. The largest absolute Gasteiger partial charge is 0.434 e. The summed E-state index contributed by atoms with van der Waals surface area (Å²) in [5, 5.41) is 3.12. The van der Waals surface area contributed by atoms with Gasteiger partial charge in [-0.25, -0.2) is 29.3 Å². The van der Waals surface area contributed by atoms with Crippen LogP contribution in [-0.4, -0.2) is 54.4 Å². The lowest BCUT2D eigenvalue weighted by Crippen LogP contribution is -2.49. The summed E-state index contributed by atoms with van der Waals surface area (Å²) in [6.07, 6.45) is 0.257. The summed E-state index contributed by atoms with van der Waals surface area (Å²) < 4.78 is 51.9. The van der Waals surface area contributed by atoms with Gasteiger partial charge in [-0.05, 0) is 38.8 Å². The predicted molar refractivity (Wildman–Crippen MR) is 125 cm³/mol. The summed E-state index contributed by atoms with van der Waals surface area (Å²) in [5.74, 6) is -0.630.